The minimum absolute atomic E-state index is 0.0608. The van der Waals surface area contributed by atoms with E-state index in [1.807, 2.05) is 18.2 Å². The van der Waals surface area contributed by atoms with Crippen LogP contribution in [-0.2, 0) is 10.2 Å². The topological polar surface area (TPSA) is 110 Å². The molecule has 0 aliphatic carbocycles. The van der Waals surface area contributed by atoms with Crippen LogP contribution in [-0.4, -0.2) is 35.9 Å². The summed E-state index contributed by atoms with van der Waals surface area (Å²) in [6.45, 7) is 6.37. The number of carbonyl (C=O) groups is 2. The number of benzene rings is 2. The van der Waals surface area contributed by atoms with Gasteiger partial charge in [-0.15, -0.1) is 0 Å². The van der Waals surface area contributed by atoms with E-state index in [9.17, 15) is 9.59 Å². The molecule has 1 aliphatic rings. The molecular weight excluding hydrogens is 424 g/mol. The molecule has 3 aromatic rings. The van der Waals surface area contributed by atoms with Crippen LogP contribution in [0.3, 0.4) is 0 Å². The Hall–Kier alpha value is -4.07. The third-order valence-corrected chi connectivity index (χ3v) is 5.15. The molecule has 0 radical (unpaired) electrons. The molecule has 0 saturated carbocycles. The summed E-state index contributed by atoms with van der Waals surface area (Å²) in [4.78, 5) is 23.6. The van der Waals surface area contributed by atoms with Crippen LogP contribution in [0.1, 0.15) is 42.5 Å². The van der Waals surface area contributed by atoms with Crippen LogP contribution in [0.5, 0.6) is 11.5 Å². The third kappa shape index (κ3) is 5.06. The monoisotopic (exact) mass is 448 g/mol. The summed E-state index contributed by atoms with van der Waals surface area (Å²) in [7, 11) is 0. The van der Waals surface area contributed by atoms with Crippen LogP contribution in [0.15, 0.2) is 64.1 Å². The molecule has 2 heterocycles. The SMILES string of the molecule is CC(C)(C)c1ccc2c(c1)O[C@H](C(=O)N/N=C/c1ccc(-c3cccc(C(=O)O)c3)o1)CO2. The third-order valence-electron chi connectivity index (χ3n) is 5.15. The lowest BCUT2D eigenvalue weighted by molar-refractivity contribution is -0.130. The molecule has 8 heteroatoms. The van der Waals surface area contributed by atoms with E-state index < -0.39 is 18.0 Å². The quantitative estimate of drug-likeness (QED) is 0.446. The molecule has 1 atom stereocenters. The number of carboxylic acids is 1. The molecule has 1 aromatic heterocycles. The van der Waals surface area contributed by atoms with E-state index in [4.69, 9.17) is 19.0 Å². The van der Waals surface area contributed by atoms with E-state index in [-0.39, 0.29) is 17.6 Å². The van der Waals surface area contributed by atoms with Crippen LogP contribution in [0.4, 0.5) is 0 Å². The zero-order valence-electron chi connectivity index (χ0n) is 18.5. The molecule has 0 unspecified atom stereocenters. The Morgan fingerprint density at radius 2 is 1.91 bits per heavy atom. The fourth-order valence-electron chi connectivity index (χ4n) is 3.28. The smallest absolute Gasteiger partial charge is 0.335 e. The highest BCUT2D eigenvalue weighted by Gasteiger charge is 2.28. The fourth-order valence-corrected chi connectivity index (χ4v) is 3.28. The highest BCUT2D eigenvalue weighted by atomic mass is 16.6. The van der Waals surface area contributed by atoms with Crippen molar-refractivity contribution in [3.8, 4) is 22.8 Å². The van der Waals surface area contributed by atoms with Crippen LogP contribution >= 0.6 is 0 Å². The highest BCUT2D eigenvalue weighted by molar-refractivity contribution is 5.89. The predicted octanol–water partition coefficient (Wildman–Crippen LogP) is 4.23. The van der Waals surface area contributed by atoms with Crippen molar-refractivity contribution in [3.63, 3.8) is 0 Å². The molecule has 170 valence electrons. The number of amides is 1. The summed E-state index contributed by atoms with van der Waals surface area (Å²) in [6.07, 6.45) is 0.522. The second kappa shape index (κ2) is 8.82. The second-order valence-electron chi connectivity index (χ2n) is 8.65. The first-order valence-corrected chi connectivity index (χ1v) is 10.4. The number of rotatable bonds is 5. The Morgan fingerprint density at radius 3 is 2.67 bits per heavy atom. The van der Waals surface area contributed by atoms with Crippen LogP contribution in [0, 0.1) is 0 Å². The van der Waals surface area contributed by atoms with Crippen molar-refractivity contribution in [2.75, 3.05) is 6.61 Å². The average molecular weight is 448 g/mol. The van der Waals surface area contributed by atoms with Crippen LogP contribution < -0.4 is 14.9 Å². The van der Waals surface area contributed by atoms with Gasteiger partial charge in [-0.05, 0) is 47.4 Å². The molecule has 0 fully saturated rings. The summed E-state index contributed by atoms with van der Waals surface area (Å²) in [5, 5.41) is 13.1. The van der Waals surface area contributed by atoms with Gasteiger partial charge < -0.3 is 19.0 Å². The fraction of sp³-hybridized carbons (Fsp3) is 0.240. The van der Waals surface area contributed by atoms with E-state index in [1.54, 1.807) is 24.3 Å². The molecule has 0 bridgehead atoms. The summed E-state index contributed by atoms with van der Waals surface area (Å²) < 4.78 is 17.2. The number of ether oxygens (including phenoxy) is 2. The number of nitrogens with zero attached hydrogens (tertiary/aromatic N) is 1. The molecule has 8 nitrogen and oxygen atoms in total. The van der Waals surface area contributed by atoms with Gasteiger partial charge in [-0.3, -0.25) is 4.79 Å². The molecule has 0 spiro atoms. The van der Waals surface area contributed by atoms with Gasteiger partial charge in [0, 0.05) is 5.56 Å². The van der Waals surface area contributed by atoms with Crippen molar-refractivity contribution in [3.05, 3.63) is 71.5 Å². The Bertz CT molecular complexity index is 1220. The van der Waals surface area contributed by atoms with Gasteiger partial charge in [0.2, 0.25) is 6.10 Å². The molecule has 1 amide bonds. The molecule has 2 N–H and O–H groups in total. The van der Waals surface area contributed by atoms with Crippen molar-refractivity contribution >= 4 is 18.1 Å². The lowest BCUT2D eigenvalue weighted by Crippen LogP contribution is -2.42. The number of hydrogen-bond donors (Lipinski definition) is 2. The van der Waals surface area contributed by atoms with Gasteiger partial charge in [0.1, 0.15) is 18.1 Å². The zero-order chi connectivity index (χ0) is 23.6. The maximum absolute atomic E-state index is 12.5. The van der Waals surface area contributed by atoms with E-state index in [2.05, 4.69) is 31.3 Å². The van der Waals surface area contributed by atoms with Gasteiger partial charge in [0.25, 0.3) is 5.91 Å². The first-order chi connectivity index (χ1) is 15.7. The number of fused-ring (bicyclic) bond motifs is 1. The maximum atomic E-state index is 12.5. The Labute approximate surface area is 190 Å². The van der Waals surface area contributed by atoms with Crippen molar-refractivity contribution in [1.29, 1.82) is 0 Å². The Kier molecular flexibility index (Phi) is 5.91. The second-order valence-corrected chi connectivity index (χ2v) is 8.65. The number of carboxylic acid groups (broad SMARTS) is 1. The summed E-state index contributed by atoms with van der Waals surface area (Å²) in [5.41, 5.74) is 4.24. The minimum Gasteiger partial charge on any atom is -0.485 e. The number of hydrogen-bond acceptors (Lipinski definition) is 6. The van der Waals surface area contributed by atoms with Gasteiger partial charge >= 0.3 is 5.97 Å². The van der Waals surface area contributed by atoms with Crippen molar-refractivity contribution in [2.24, 2.45) is 5.10 Å². The maximum Gasteiger partial charge on any atom is 0.335 e. The van der Waals surface area contributed by atoms with Crippen LogP contribution in [0.25, 0.3) is 11.3 Å². The summed E-state index contributed by atoms with van der Waals surface area (Å²) in [6, 6.07) is 15.5. The standard InChI is InChI=1S/C25H24N2O6/c1-25(2,3)17-7-9-20-21(12-17)33-22(14-31-20)23(28)27-26-13-18-8-10-19(32-18)15-5-4-6-16(11-15)24(29)30/h4-13,22H,14H2,1-3H3,(H,27,28)(H,29,30)/b26-13+/t22-/m0/s1. The molecule has 33 heavy (non-hydrogen) atoms. The summed E-state index contributed by atoms with van der Waals surface area (Å²) >= 11 is 0. The first-order valence-electron chi connectivity index (χ1n) is 10.4. The van der Waals surface area contributed by atoms with E-state index in [0.717, 1.165) is 5.56 Å². The number of carbonyl (C=O) groups excluding carboxylic acids is 1. The summed E-state index contributed by atoms with van der Waals surface area (Å²) in [5.74, 6) is 0.550. The minimum atomic E-state index is -1.01. The predicted molar refractivity (Wildman–Crippen MR) is 122 cm³/mol. The van der Waals surface area contributed by atoms with Crippen LogP contribution in [0.2, 0.25) is 0 Å². The van der Waals surface area contributed by atoms with E-state index >= 15 is 0 Å². The molecule has 2 aromatic carbocycles. The zero-order valence-corrected chi connectivity index (χ0v) is 18.5. The lowest BCUT2D eigenvalue weighted by Gasteiger charge is -2.27. The van der Waals surface area contributed by atoms with Gasteiger partial charge in [-0.1, -0.05) is 39.0 Å². The van der Waals surface area contributed by atoms with Crippen molar-refractivity contribution < 1.29 is 28.6 Å². The van der Waals surface area contributed by atoms with Gasteiger partial charge in [-0.2, -0.15) is 5.10 Å². The molecule has 0 saturated heterocycles. The normalized spacial score (nSPS) is 15.4. The molecule has 4 rings (SSSR count). The highest BCUT2D eigenvalue weighted by Crippen LogP contribution is 2.36. The van der Waals surface area contributed by atoms with E-state index in [1.165, 1.54) is 18.3 Å². The molecule has 1 aliphatic heterocycles. The lowest BCUT2D eigenvalue weighted by atomic mass is 9.87. The number of nitrogens with one attached hydrogen (secondary N) is 1. The molecular formula is C25H24N2O6. The van der Waals surface area contributed by atoms with Gasteiger partial charge in [-0.25, -0.2) is 10.2 Å². The van der Waals surface area contributed by atoms with E-state index in [0.29, 0.717) is 28.6 Å². The first kappa shape index (κ1) is 22.1. The Morgan fingerprint density at radius 1 is 1.09 bits per heavy atom. The largest absolute Gasteiger partial charge is 0.485 e. The van der Waals surface area contributed by atoms with Crippen molar-refractivity contribution in [1.82, 2.24) is 5.43 Å². The van der Waals surface area contributed by atoms with Gasteiger partial charge in [0.15, 0.2) is 11.5 Å². The number of aromatic carboxylic acids is 1. The number of furan rings is 1. The van der Waals surface area contributed by atoms with Gasteiger partial charge in [0.05, 0.1) is 11.8 Å². The Balaban J connectivity index is 1.38. The average Bonchev–Trinajstić information content (AvgIpc) is 3.26. The number of hydrazone groups is 1. The van der Waals surface area contributed by atoms with Crippen molar-refractivity contribution in [2.45, 2.75) is 32.3 Å².